The molecule has 0 fully saturated rings. The van der Waals surface area contributed by atoms with Crippen LogP contribution in [0.1, 0.15) is 28.9 Å². The zero-order valence-corrected chi connectivity index (χ0v) is 18.5. The van der Waals surface area contributed by atoms with Crippen molar-refractivity contribution in [1.29, 1.82) is 0 Å². The van der Waals surface area contributed by atoms with E-state index < -0.39 is 0 Å². The van der Waals surface area contributed by atoms with E-state index in [0.717, 1.165) is 16.7 Å². The number of carbonyl (C=O) groups is 1. The quantitative estimate of drug-likeness (QED) is 0.444. The topological polar surface area (TPSA) is 69.3 Å². The van der Waals surface area contributed by atoms with E-state index >= 15 is 0 Å². The van der Waals surface area contributed by atoms with E-state index in [-0.39, 0.29) is 24.8 Å². The molecule has 0 bridgehead atoms. The molecule has 28 heavy (non-hydrogen) atoms. The number of hydrogen-bond donors (Lipinski definition) is 1. The summed E-state index contributed by atoms with van der Waals surface area (Å²) in [5, 5.41) is 8.12. The number of hydrogen-bond acceptors (Lipinski definition) is 4. The molecule has 0 saturated heterocycles. The van der Waals surface area contributed by atoms with Crippen LogP contribution in [-0.2, 0) is 19.7 Å². The Kier molecular flexibility index (Phi) is 6.93. The van der Waals surface area contributed by atoms with Gasteiger partial charge in [-0.15, -0.1) is 0 Å². The lowest BCUT2D eigenvalue weighted by atomic mass is 10.3. The highest BCUT2D eigenvalue weighted by Crippen LogP contribution is 2.36. The van der Waals surface area contributed by atoms with Crippen LogP contribution in [0.4, 0.5) is 0 Å². The van der Waals surface area contributed by atoms with Gasteiger partial charge in [-0.1, -0.05) is 34.8 Å². The summed E-state index contributed by atoms with van der Waals surface area (Å²) >= 11 is 21.5. The Morgan fingerprint density at radius 3 is 2.64 bits per heavy atom. The van der Waals surface area contributed by atoms with Gasteiger partial charge < -0.3 is 14.5 Å². The van der Waals surface area contributed by atoms with Crippen molar-refractivity contribution in [3.8, 4) is 5.75 Å². The van der Waals surface area contributed by atoms with Gasteiger partial charge in [0.25, 0.3) is 5.91 Å². The van der Waals surface area contributed by atoms with Crippen LogP contribution in [0.3, 0.4) is 0 Å². The van der Waals surface area contributed by atoms with Crippen molar-refractivity contribution in [2.24, 2.45) is 0 Å². The largest absolute Gasteiger partial charge is 0.483 e. The van der Waals surface area contributed by atoms with E-state index in [2.05, 4.69) is 26.3 Å². The summed E-state index contributed by atoms with van der Waals surface area (Å²) < 4.78 is 13.7. The number of ether oxygens (including phenoxy) is 1. The second kappa shape index (κ2) is 9.22. The average Bonchev–Trinajstić information content (AvgIpc) is 3.25. The van der Waals surface area contributed by atoms with Crippen LogP contribution in [-0.4, -0.2) is 15.7 Å². The van der Waals surface area contributed by atoms with Crippen LogP contribution in [0, 0.1) is 0 Å². The number of halogens is 4. The maximum atomic E-state index is 12.3. The van der Waals surface area contributed by atoms with Gasteiger partial charge in [-0.05, 0) is 47.1 Å². The zero-order chi connectivity index (χ0) is 20.3. The molecule has 1 aromatic carbocycles. The monoisotopic (exact) mass is 505 g/mol. The van der Waals surface area contributed by atoms with E-state index in [1.54, 1.807) is 16.8 Å². The third-order valence-electron chi connectivity index (χ3n) is 3.73. The highest BCUT2D eigenvalue weighted by atomic mass is 79.9. The maximum absolute atomic E-state index is 12.3. The second-order valence-electron chi connectivity index (χ2n) is 5.72. The van der Waals surface area contributed by atoms with Crippen molar-refractivity contribution < 1.29 is 13.9 Å². The number of nitrogens with zero attached hydrogens (tertiary/aromatic N) is 2. The summed E-state index contributed by atoms with van der Waals surface area (Å²) in [7, 11) is 0. The number of carbonyl (C=O) groups excluding carboxylic acids is 1. The van der Waals surface area contributed by atoms with Gasteiger partial charge in [0.1, 0.15) is 12.4 Å². The molecule has 148 valence electrons. The van der Waals surface area contributed by atoms with Crippen molar-refractivity contribution in [2.45, 2.75) is 26.6 Å². The van der Waals surface area contributed by atoms with Gasteiger partial charge in [-0.2, -0.15) is 5.10 Å². The fraction of sp³-hybridized carbons (Fsp3) is 0.222. The molecule has 1 amide bonds. The van der Waals surface area contributed by atoms with Crippen molar-refractivity contribution in [3.63, 3.8) is 0 Å². The first-order valence-corrected chi connectivity index (χ1v) is 10.2. The predicted octanol–water partition coefficient (Wildman–Crippen LogP) is 5.73. The summed E-state index contributed by atoms with van der Waals surface area (Å²) in [6, 6.07) is 6.28. The number of aromatic nitrogens is 2. The van der Waals surface area contributed by atoms with Gasteiger partial charge in [0, 0.05) is 17.8 Å². The van der Waals surface area contributed by atoms with Gasteiger partial charge in [0.2, 0.25) is 0 Å². The summed E-state index contributed by atoms with van der Waals surface area (Å²) in [4.78, 5) is 12.3. The van der Waals surface area contributed by atoms with Gasteiger partial charge in [0.15, 0.2) is 11.5 Å². The van der Waals surface area contributed by atoms with Crippen LogP contribution in [0.5, 0.6) is 5.75 Å². The molecule has 0 aliphatic rings. The summed E-state index contributed by atoms with van der Waals surface area (Å²) in [5.41, 5.74) is 0.734. The minimum absolute atomic E-state index is 0.0564. The SMILES string of the molecule is CCn1cc(Br)c(CNC(=O)c2ccc(COc3c(Cl)cc(Cl)cc3Cl)o2)n1. The van der Waals surface area contributed by atoms with E-state index in [9.17, 15) is 4.79 Å². The smallest absolute Gasteiger partial charge is 0.287 e. The molecule has 1 N–H and O–H groups in total. The van der Waals surface area contributed by atoms with Crippen molar-refractivity contribution in [3.05, 3.63) is 67.2 Å². The molecule has 0 aliphatic carbocycles. The molecule has 0 aliphatic heterocycles. The highest BCUT2D eigenvalue weighted by Gasteiger charge is 2.15. The minimum atomic E-state index is -0.355. The molecule has 0 spiro atoms. The van der Waals surface area contributed by atoms with Crippen LogP contribution >= 0.6 is 50.7 Å². The maximum Gasteiger partial charge on any atom is 0.287 e. The lowest BCUT2D eigenvalue weighted by Gasteiger charge is -2.09. The lowest BCUT2D eigenvalue weighted by molar-refractivity contribution is 0.0918. The Morgan fingerprint density at radius 2 is 2.00 bits per heavy atom. The van der Waals surface area contributed by atoms with Gasteiger partial charge in [-0.3, -0.25) is 9.48 Å². The first-order chi connectivity index (χ1) is 13.4. The number of nitrogens with one attached hydrogen (secondary N) is 1. The number of aryl methyl sites for hydroxylation is 1. The summed E-state index contributed by atoms with van der Waals surface area (Å²) in [6.07, 6.45) is 1.86. The van der Waals surface area contributed by atoms with Gasteiger partial charge in [-0.25, -0.2) is 0 Å². The average molecular weight is 508 g/mol. The molecule has 3 aromatic rings. The number of furan rings is 1. The van der Waals surface area contributed by atoms with Crippen LogP contribution in [0.15, 0.2) is 39.4 Å². The molecule has 0 radical (unpaired) electrons. The first kappa shape index (κ1) is 21.0. The van der Waals surface area contributed by atoms with E-state index in [4.69, 9.17) is 44.0 Å². The predicted molar refractivity (Wildman–Crippen MR) is 111 cm³/mol. The molecule has 3 rings (SSSR count). The zero-order valence-electron chi connectivity index (χ0n) is 14.6. The molecule has 0 unspecified atom stereocenters. The Bertz CT molecular complexity index is 980. The number of benzene rings is 1. The van der Waals surface area contributed by atoms with Crippen molar-refractivity contribution in [1.82, 2.24) is 15.1 Å². The van der Waals surface area contributed by atoms with E-state index in [1.807, 2.05) is 13.1 Å². The standard InChI is InChI=1S/C18H15BrCl3N3O3/c1-2-25-8-12(19)15(24-25)7-23-18(26)16-4-3-11(28-16)9-27-17-13(21)5-10(20)6-14(17)22/h3-6,8H,2,7,9H2,1H3,(H,23,26). The second-order valence-corrected chi connectivity index (χ2v) is 7.82. The molecular formula is C18H15BrCl3N3O3. The fourth-order valence-electron chi connectivity index (χ4n) is 2.36. The first-order valence-electron chi connectivity index (χ1n) is 8.23. The van der Waals surface area contributed by atoms with Crippen LogP contribution in [0.25, 0.3) is 0 Å². The Hall–Kier alpha value is -1.67. The van der Waals surface area contributed by atoms with E-state index in [0.29, 0.717) is 26.6 Å². The highest BCUT2D eigenvalue weighted by molar-refractivity contribution is 9.10. The lowest BCUT2D eigenvalue weighted by Crippen LogP contribution is -2.22. The molecule has 0 atom stereocenters. The third-order valence-corrected chi connectivity index (χ3v) is 5.18. The minimum Gasteiger partial charge on any atom is -0.483 e. The molecular weight excluding hydrogens is 492 g/mol. The third kappa shape index (κ3) is 5.03. The summed E-state index contributed by atoms with van der Waals surface area (Å²) in [6.45, 7) is 3.06. The van der Waals surface area contributed by atoms with E-state index in [1.165, 1.54) is 12.1 Å². The Balaban J connectivity index is 1.59. The molecule has 2 heterocycles. The van der Waals surface area contributed by atoms with Crippen molar-refractivity contribution in [2.75, 3.05) is 0 Å². The summed E-state index contributed by atoms with van der Waals surface area (Å²) in [5.74, 6) is 0.555. The molecule has 10 heteroatoms. The molecule has 0 saturated carbocycles. The van der Waals surface area contributed by atoms with Gasteiger partial charge in [0.05, 0.1) is 26.8 Å². The number of amides is 1. The molecule has 2 aromatic heterocycles. The fourth-order valence-corrected chi connectivity index (χ4v) is 3.74. The van der Waals surface area contributed by atoms with Crippen molar-refractivity contribution >= 4 is 56.6 Å². The normalized spacial score (nSPS) is 10.9. The Morgan fingerprint density at radius 1 is 1.29 bits per heavy atom. The van der Waals surface area contributed by atoms with Gasteiger partial charge >= 0.3 is 0 Å². The van der Waals surface area contributed by atoms with Crippen LogP contribution < -0.4 is 10.1 Å². The Labute approximate surface area is 184 Å². The number of rotatable bonds is 7. The molecule has 6 nitrogen and oxygen atoms in total. The van der Waals surface area contributed by atoms with Crippen LogP contribution in [0.2, 0.25) is 15.1 Å².